The summed E-state index contributed by atoms with van der Waals surface area (Å²) in [7, 11) is 0. The van der Waals surface area contributed by atoms with Crippen LogP contribution in [0.2, 0.25) is 10.0 Å². The van der Waals surface area contributed by atoms with E-state index in [4.69, 9.17) is 34.0 Å². The number of carboxylic acid groups (broad SMARTS) is 1. The van der Waals surface area contributed by atoms with Gasteiger partial charge in [-0.05, 0) is 61.4 Å². The Morgan fingerprint density at radius 2 is 1.27 bits per heavy atom. The van der Waals surface area contributed by atoms with Gasteiger partial charge in [0.2, 0.25) is 5.82 Å². The molecule has 6 rings (SSSR count). The minimum absolute atomic E-state index is 0.0217. The van der Waals surface area contributed by atoms with Gasteiger partial charge in [-0.3, -0.25) is 14.8 Å². The zero-order chi connectivity index (χ0) is 35.5. The summed E-state index contributed by atoms with van der Waals surface area (Å²) in [6.07, 6.45) is 6.29. The highest BCUT2D eigenvalue weighted by atomic mass is 35.5. The van der Waals surface area contributed by atoms with E-state index in [1.807, 2.05) is 38.1 Å². The molecule has 0 aliphatic rings. The molecule has 0 aliphatic carbocycles. The van der Waals surface area contributed by atoms with Crippen LogP contribution in [0, 0.1) is 25.5 Å². The number of carbonyl (C=O) groups is 2. The summed E-state index contributed by atoms with van der Waals surface area (Å²) in [6.45, 7) is 4.70. The molecular weight excluding hydrogens is 681 g/mol. The smallest absolute Gasteiger partial charge is 0.375 e. The number of rotatable bonds is 7. The molecule has 4 heterocycles. The largest absolute Gasteiger partial charge is 0.475 e. The van der Waals surface area contributed by atoms with Crippen molar-refractivity contribution in [2.45, 2.75) is 26.9 Å². The number of aromatic nitrogens is 8. The van der Waals surface area contributed by atoms with Gasteiger partial charge in [-0.1, -0.05) is 47.5 Å². The lowest BCUT2D eigenvalue weighted by Crippen LogP contribution is -2.15. The second-order valence-corrected chi connectivity index (χ2v) is 11.0. The number of hydrogen-bond donors (Lipinski definition) is 3. The molecule has 0 spiro atoms. The Hall–Kier alpha value is -5.80. The van der Waals surface area contributed by atoms with Crippen LogP contribution < -0.4 is 11.1 Å². The molecule has 17 heteroatoms. The standard InChI is InChI=1S/C16H13ClFN5O.C10H10N4O2.C6H5ClFN/c1-10-5-6-11(7-19-10)8-23-9-20-15(22-23)16(24)21-13-4-2-3-12(17)14(13)18;1-7-2-3-8(4-11-7)5-14-6-12-9(13-14)10(15)16;7-4-2-1-3-5(9)6(4)8/h2-7,9H,8H2,1H3,(H,21,24);2-4,6H,5H2,1H3,(H,15,16);1-3H,9H2. The van der Waals surface area contributed by atoms with Crippen LogP contribution in [0.5, 0.6) is 0 Å². The topological polar surface area (TPSA) is 180 Å². The van der Waals surface area contributed by atoms with Gasteiger partial charge < -0.3 is 16.2 Å². The lowest BCUT2D eigenvalue weighted by Gasteiger charge is -2.05. The molecule has 2 aromatic carbocycles. The van der Waals surface area contributed by atoms with Gasteiger partial charge in [0, 0.05) is 23.8 Å². The molecule has 0 bridgehead atoms. The van der Waals surface area contributed by atoms with Gasteiger partial charge in [0.1, 0.15) is 12.7 Å². The van der Waals surface area contributed by atoms with E-state index in [1.165, 1.54) is 52.4 Å². The zero-order valence-electron chi connectivity index (χ0n) is 25.9. The van der Waals surface area contributed by atoms with E-state index in [9.17, 15) is 18.4 Å². The Morgan fingerprint density at radius 1 is 0.755 bits per heavy atom. The van der Waals surface area contributed by atoms with Gasteiger partial charge in [0.05, 0.1) is 34.5 Å². The Balaban J connectivity index is 0.000000185. The van der Waals surface area contributed by atoms with Crippen molar-refractivity contribution in [2.75, 3.05) is 11.1 Å². The van der Waals surface area contributed by atoms with Gasteiger partial charge >= 0.3 is 5.97 Å². The third-order valence-corrected chi connectivity index (χ3v) is 6.87. The van der Waals surface area contributed by atoms with Crippen molar-refractivity contribution in [3.8, 4) is 0 Å². The number of benzene rings is 2. The Bertz CT molecular complexity index is 2020. The molecule has 4 N–H and O–H groups in total. The van der Waals surface area contributed by atoms with Crippen molar-refractivity contribution in [1.29, 1.82) is 0 Å². The molecule has 1 amide bonds. The molecule has 4 aromatic heterocycles. The van der Waals surface area contributed by atoms with Crippen LogP contribution in [0.15, 0.2) is 85.7 Å². The number of carboxylic acids is 1. The summed E-state index contributed by atoms with van der Waals surface area (Å²) in [5.74, 6) is -3.23. The molecule has 0 saturated heterocycles. The fourth-order valence-electron chi connectivity index (χ4n) is 3.80. The number of nitrogen functional groups attached to an aromatic ring is 1. The molecule has 49 heavy (non-hydrogen) atoms. The monoisotopic (exact) mass is 708 g/mol. The number of anilines is 2. The van der Waals surface area contributed by atoms with Gasteiger partial charge in [0.15, 0.2) is 11.6 Å². The molecule has 0 atom stereocenters. The van der Waals surface area contributed by atoms with Crippen LogP contribution in [0.4, 0.5) is 20.2 Å². The molecule has 252 valence electrons. The molecule has 0 radical (unpaired) electrons. The molecule has 13 nitrogen and oxygen atoms in total. The fourth-order valence-corrected chi connectivity index (χ4v) is 4.16. The average molecular weight is 710 g/mol. The first-order valence-electron chi connectivity index (χ1n) is 14.2. The van der Waals surface area contributed by atoms with Crippen LogP contribution >= 0.6 is 23.2 Å². The highest BCUT2D eigenvalue weighted by molar-refractivity contribution is 6.31. The third kappa shape index (κ3) is 10.6. The molecule has 0 aliphatic heterocycles. The number of carbonyl (C=O) groups excluding carboxylic acids is 1. The number of hydrogen-bond acceptors (Lipinski definition) is 9. The SMILES string of the molecule is Cc1ccc(Cn2cnc(C(=O)Nc3cccc(Cl)c3F)n2)cn1.Cc1ccc(Cn2cnc(C(=O)O)n2)cn1.Nc1cccc(Cl)c1F. The van der Waals surface area contributed by atoms with Gasteiger partial charge in [-0.2, -0.15) is 0 Å². The quantitative estimate of drug-likeness (QED) is 0.170. The third-order valence-electron chi connectivity index (χ3n) is 6.28. The van der Waals surface area contributed by atoms with Crippen molar-refractivity contribution in [3.63, 3.8) is 0 Å². The average Bonchev–Trinajstić information content (AvgIpc) is 3.75. The summed E-state index contributed by atoms with van der Waals surface area (Å²) in [5, 5.41) is 18.9. The summed E-state index contributed by atoms with van der Waals surface area (Å²) in [6, 6.07) is 16.5. The van der Waals surface area contributed by atoms with E-state index in [-0.39, 0.29) is 33.1 Å². The normalized spacial score (nSPS) is 10.3. The highest BCUT2D eigenvalue weighted by Gasteiger charge is 2.15. The maximum absolute atomic E-state index is 13.8. The Kier molecular flexibility index (Phi) is 12.4. The number of aromatic carboxylic acids is 1. The van der Waals surface area contributed by atoms with Gasteiger partial charge in [0.25, 0.3) is 11.7 Å². The second kappa shape index (κ2) is 16.9. The van der Waals surface area contributed by atoms with Gasteiger partial charge in [-0.25, -0.2) is 32.9 Å². The van der Waals surface area contributed by atoms with Crippen LogP contribution in [0.25, 0.3) is 0 Å². The number of halogens is 4. The van der Waals surface area contributed by atoms with E-state index in [2.05, 4.69) is 35.5 Å². The number of nitrogens with one attached hydrogen (secondary N) is 1. The summed E-state index contributed by atoms with van der Waals surface area (Å²) >= 11 is 11.0. The predicted molar refractivity (Wildman–Crippen MR) is 178 cm³/mol. The van der Waals surface area contributed by atoms with Gasteiger partial charge in [-0.15, -0.1) is 10.2 Å². The van der Waals surface area contributed by atoms with Crippen molar-refractivity contribution >= 4 is 46.5 Å². The highest BCUT2D eigenvalue weighted by Crippen LogP contribution is 2.22. The first kappa shape index (κ1) is 36.0. The van der Waals surface area contributed by atoms with E-state index < -0.39 is 23.5 Å². The minimum atomic E-state index is -1.12. The zero-order valence-corrected chi connectivity index (χ0v) is 27.4. The van der Waals surface area contributed by atoms with Crippen molar-refractivity contribution in [1.82, 2.24) is 39.5 Å². The molecule has 0 fully saturated rings. The Morgan fingerprint density at radius 3 is 1.73 bits per heavy atom. The molecular formula is C32H28Cl2F2N10O3. The fraction of sp³-hybridized carbons (Fsp3) is 0.125. The first-order valence-corrected chi connectivity index (χ1v) is 14.9. The maximum atomic E-state index is 13.8. The van der Waals surface area contributed by atoms with E-state index in [1.54, 1.807) is 18.5 Å². The van der Waals surface area contributed by atoms with E-state index in [0.717, 1.165) is 22.5 Å². The predicted octanol–water partition coefficient (Wildman–Crippen LogP) is 5.86. The van der Waals surface area contributed by atoms with Crippen LogP contribution in [0.1, 0.15) is 43.8 Å². The second-order valence-electron chi connectivity index (χ2n) is 10.2. The van der Waals surface area contributed by atoms with Crippen molar-refractivity contribution < 1.29 is 23.5 Å². The van der Waals surface area contributed by atoms with E-state index in [0.29, 0.717) is 13.1 Å². The molecule has 0 saturated carbocycles. The van der Waals surface area contributed by atoms with Crippen LogP contribution in [0.3, 0.4) is 0 Å². The lowest BCUT2D eigenvalue weighted by atomic mass is 10.2. The molecule has 6 aromatic rings. The lowest BCUT2D eigenvalue weighted by molar-refractivity contribution is 0.0683. The maximum Gasteiger partial charge on any atom is 0.375 e. The van der Waals surface area contributed by atoms with Crippen LogP contribution in [-0.2, 0) is 13.1 Å². The van der Waals surface area contributed by atoms with Crippen LogP contribution in [-0.4, -0.2) is 56.5 Å². The number of aryl methyl sites for hydroxylation is 2. The summed E-state index contributed by atoms with van der Waals surface area (Å²) < 4.78 is 29.3. The number of amides is 1. The summed E-state index contributed by atoms with van der Waals surface area (Å²) in [4.78, 5) is 38.6. The minimum Gasteiger partial charge on any atom is -0.475 e. The number of nitrogens with two attached hydrogens (primary N) is 1. The van der Waals surface area contributed by atoms with Crippen molar-refractivity contribution in [2.24, 2.45) is 0 Å². The Labute approximate surface area is 288 Å². The van der Waals surface area contributed by atoms with E-state index >= 15 is 0 Å². The molecule has 0 unspecified atom stereocenters. The van der Waals surface area contributed by atoms with Crippen molar-refractivity contribution in [3.05, 3.63) is 142 Å². The first-order chi connectivity index (χ1) is 23.4. The summed E-state index contributed by atoms with van der Waals surface area (Å²) in [5.41, 5.74) is 8.96. The number of pyridine rings is 2. The number of nitrogens with zero attached hydrogens (tertiary/aromatic N) is 8.